The summed E-state index contributed by atoms with van der Waals surface area (Å²) in [6, 6.07) is 0.0888. The maximum absolute atomic E-state index is 11.7. The van der Waals surface area contributed by atoms with Crippen molar-refractivity contribution in [3.8, 4) is 0 Å². The van der Waals surface area contributed by atoms with Crippen molar-refractivity contribution < 1.29 is 14.7 Å². The van der Waals surface area contributed by atoms with Crippen LogP contribution in [-0.4, -0.2) is 27.5 Å². The number of amides is 1. The van der Waals surface area contributed by atoms with Crippen molar-refractivity contribution in [2.45, 2.75) is 56.0 Å². The molecule has 0 atom stereocenters. The third kappa shape index (κ3) is 4.89. The first-order chi connectivity index (χ1) is 7.79. The Labute approximate surface area is 108 Å². The fraction of sp³-hybridized carbons (Fsp3) is 0.900. The van der Waals surface area contributed by atoms with E-state index in [1.54, 1.807) is 13.8 Å². The second kappa shape index (κ2) is 5.66. The van der Waals surface area contributed by atoms with Gasteiger partial charge in [-0.3, -0.25) is 4.79 Å². The Morgan fingerprint density at radius 2 is 1.94 bits per heavy atom. The molecule has 1 fully saturated rings. The minimum Gasteiger partial charge on any atom is -0.352 e. The second-order valence-electron chi connectivity index (χ2n) is 4.75. The van der Waals surface area contributed by atoms with Crippen molar-refractivity contribution in [2.75, 3.05) is 0 Å². The Morgan fingerprint density at radius 1 is 1.41 bits per heavy atom. The molecule has 0 aromatic carbocycles. The van der Waals surface area contributed by atoms with Gasteiger partial charge in [0.1, 0.15) is 6.10 Å². The molecule has 0 unspecified atom stereocenters. The molecule has 1 aliphatic rings. The van der Waals surface area contributed by atoms with E-state index in [9.17, 15) is 14.9 Å². The fourth-order valence-corrected chi connectivity index (χ4v) is 1.91. The number of nitrogens with one attached hydrogen (secondary N) is 1. The van der Waals surface area contributed by atoms with Crippen molar-refractivity contribution in [1.29, 1.82) is 0 Å². The van der Waals surface area contributed by atoms with Gasteiger partial charge >= 0.3 is 0 Å². The summed E-state index contributed by atoms with van der Waals surface area (Å²) in [5, 5.41) is 12.3. The zero-order valence-corrected chi connectivity index (χ0v) is 11.5. The van der Waals surface area contributed by atoms with Gasteiger partial charge in [-0.2, -0.15) is 0 Å². The summed E-state index contributed by atoms with van der Waals surface area (Å²) in [5.74, 6) is -0.0591. The van der Waals surface area contributed by atoms with Gasteiger partial charge in [-0.1, -0.05) is 15.9 Å². The van der Waals surface area contributed by atoms with Crippen LogP contribution in [0.15, 0.2) is 0 Å². The molecule has 1 N–H and O–H groups in total. The standard InChI is InChI=1S/C10H17BrN2O4/c1-10(2,11)9(14)12-7-3-5-8(6-4-7)17-13(15)16/h7-8H,3-6H2,1-2H3,(H,12,14). The van der Waals surface area contributed by atoms with Gasteiger partial charge in [-0.15, -0.1) is 10.1 Å². The molecule has 0 bridgehead atoms. The molecule has 0 saturated heterocycles. The molecule has 0 radical (unpaired) electrons. The van der Waals surface area contributed by atoms with Gasteiger partial charge in [0.25, 0.3) is 5.09 Å². The Balaban J connectivity index is 2.33. The lowest BCUT2D eigenvalue weighted by molar-refractivity contribution is -0.769. The number of hydrogen-bond acceptors (Lipinski definition) is 4. The minimum absolute atomic E-state index is 0.0591. The highest BCUT2D eigenvalue weighted by Crippen LogP contribution is 2.23. The number of nitrogens with zero attached hydrogens (tertiary/aromatic N) is 1. The van der Waals surface area contributed by atoms with Crippen LogP contribution in [0.3, 0.4) is 0 Å². The van der Waals surface area contributed by atoms with Gasteiger partial charge in [0, 0.05) is 6.04 Å². The van der Waals surface area contributed by atoms with Crippen molar-refractivity contribution in [3.05, 3.63) is 10.1 Å². The Kier molecular flexibility index (Phi) is 4.73. The second-order valence-corrected chi connectivity index (χ2v) is 6.73. The summed E-state index contributed by atoms with van der Waals surface area (Å²) in [4.78, 5) is 26.4. The van der Waals surface area contributed by atoms with E-state index in [4.69, 9.17) is 0 Å². The molecule has 1 aliphatic carbocycles. The largest absolute Gasteiger partial charge is 0.352 e. The summed E-state index contributed by atoms with van der Waals surface area (Å²) >= 11 is 3.29. The van der Waals surface area contributed by atoms with E-state index in [2.05, 4.69) is 26.1 Å². The lowest BCUT2D eigenvalue weighted by Gasteiger charge is -2.29. The molecule has 0 heterocycles. The zero-order valence-electron chi connectivity index (χ0n) is 9.94. The third-order valence-electron chi connectivity index (χ3n) is 2.78. The van der Waals surface area contributed by atoms with Crippen LogP contribution in [0, 0.1) is 10.1 Å². The van der Waals surface area contributed by atoms with Crippen LogP contribution >= 0.6 is 15.9 Å². The number of carbonyl (C=O) groups excluding carboxylic acids is 1. The number of halogens is 1. The van der Waals surface area contributed by atoms with Gasteiger partial charge in [-0.05, 0) is 39.5 Å². The fourth-order valence-electron chi connectivity index (χ4n) is 1.79. The first-order valence-electron chi connectivity index (χ1n) is 5.60. The monoisotopic (exact) mass is 308 g/mol. The molecule has 17 heavy (non-hydrogen) atoms. The lowest BCUT2D eigenvalue weighted by atomic mass is 9.93. The first kappa shape index (κ1) is 14.2. The predicted octanol–water partition coefficient (Wildman–Crippen LogP) is 1.80. The first-order valence-corrected chi connectivity index (χ1v) is 6.39. The van der Waals surface area contributed by atoms with Crippen LogP contribution in [0.1, 0.15) is 39.5 Å². The molecule has 1 rings (SSSR count). The van der Waals surface area contributed by atoms with E-state index >= 15 is 0 Å². The van der Waals surface area contributed by atoms with Gasteiger partial charge in [0.2, 0.25) is 5.91 Å². The number of rotatable bonds is 4. The highest BCUT2D eigenvalue weighted by atomic mass is 79.9. The minimum atomic E-state index is -0.745. The van der Waals surface area contributed by atoms with Crippen LogP contribution in [0.25, 0.3) is 0 Å². The van der Waals surface area contributed by atoms with Crippen LogP contribution in [-0.2, 0) is 9.63 Å². The van der Waals surface area contributed by atoms with Crippen LogP contribution in [0.2, 0.25) is 0 Å². The van der Waals surface area contributed by atoms with Crippen LogP contribution < -0.4 is 5.32 Å². The van der Waals surface area contributed by atoms with Crippen molar-refractivity contribution in [3.63, 3.8) is 0 Å². The Hall–Kier alpha value is -0.850. The third-order valence-corrected chi connectivity index (χ3v) is 3.14. The number of alkyl halides is 1. The normalized spacial score (nSPS) is 25.1. The maximum Gasteiger partial charge on any atom is 0.294 e. The quantitative estimate of drug-likeness (QED) is 0.488. The van der Waals surface area contributed by atoms with Crippen molar-refractivity contribution in [2.24, 2.45) is 0 Å². The summed E-state index contributed by atoms with van der Waals surface area (Å²) < 4.78 is -0.582. The highest BCUT2D eigenvalue weighted by molar-refractivity contribution is 9.10. The van der Waals surface area contributed by atoms with Gasteiger partial charge in [0.05, 0.1) is 4.32 Å². The molecular weight excluding hydrogens is 292 g/mol. The van der Waals surface area contributed by atoms with Gasteiger partial charge < -0.3 is 10.2 Å². The van der Waals surface area contributed by atoms with E-state index in [0.717, 1.165) is 0 Å². The van der Waals surface area contributed by atoms with E-state index in [0.29, 0.717) is 25.7 Å². The average molecular weight is 309 g/mol. The van der Waals surface area contributed by atoms with E-state index in [1.165, 1.54) is 0 Å². The SMILES string of the molecule is CC(C)(Br)C(=O)NC1CCC(O[N+](=O)[O-])CC1. The zero-order chi connectivity index (χ0) is 13.1. The van der Waals surface area contributed by atoms with Crippen LogP contribution in [0.5, 0.6) is 0 Å². The molecule has 7 heteroatoms. The summed E-state index contributed by atoms with van der Waals surface area (Å²) in [6.07, 6.45) is 2.32. The number of hydrogen-bond donors (Lipinski definition) is 1. The van der Waals surface area contributed by atoms with Crippen molar-refractivity contribution >= 4 is 21.8 Å². The molecule has 0 aliphatic heterocycles. The summed E-state index contributed by atoms with van der Waals surface area (Å²) in [6.45, 7) is 3.56. The van der Waals surface area contributed by atoms with Gasteiger partial charge in [-0.25, -0.2) is 0 Å². The molecule has 0 aromatic rings. The molecule has 98 valence electrons. The lowest BCUT2D eigenvalue weighted by Crippen LogP contribution is -2.45. The molecule has 1 amide bonds. The molecule has 1 saturated carbocycles. The average Bonchev–Trinajstić information content (AvgIpc) is 2.18. The van der Waals surface area contributed by atoms with E-state index in [-0.39, 0.29) is 18.1 Å². The summed E-state index contributed by atoms with van der Waals surface area (Å²) in [7, 11) is 0. The Morgan fingerprint density at radius 3 is 2.35 bits per heavy atom. The van der Waals surface area contributed by atoms with Crippen molar-refractivity contribution in [1.82, 2.24) is 5.32 Å². The molecule has 0 aromatic heterocycles. The Bertz CT molecular complexity index is 295. The smallest absolute Gasteiger partial charge is 0.294 e. The summed E-state index contributed by atoms with van der Waals surface area (Å²) in [5.41, 5.74) is 0. The topological polar surface area (TPSA) is 81.5 Å². The highest BCUT2D eigenvalue weighted by Gasteiger charge is 2.29. The van der Waals surface area contributed by atoms with Gasteiger partial charge in [0.15, 0.2) is 0 Å². The maximum atomic E-state index is 11.7. The van der Waals surface area contributed by atoms with E-state index in [1.807, 2.05) is 0 Å². The molecular formula is C10H17BrN2O4. The molecule has 6 nitrogen and oxygen atoms in total. The molecule has 0 spiro atoms. The predicted molar refractivity (Wildman–Crippen MR) is 65.3 cm³/mol. The number of carbonyl (C=O) groups is 1. The van der Waals surface area contributed by atoms with Crippen LogP contribution in [0.4, 0.5) is 0 Å². The van der Waals surface area contributed by atoms with E-state index < -0.39 is 9.41 Å².